The predicted octanol–water partition coefficient (Wildman–Crippen LogP) is 3.29. The molecule has 4 N–H and O–H groups in total. The lowest BCUT2D eigenvalue weighted by Gasteiger charge is -2.09. The number of thiocarbonyl (C=S) groups is 1. The summed E-state index contributed by atoms with van der Waals surface area (Å²) in [4.78, 5) is 0. The first-order chi connectivity index (χ1) is 9.17. The van der Waals surface area contributed by atoms with Gasteiger partial charge in [-0.25, -0.2) is 5.84 Å². The van der Waals surface area contributed by atoms with Crippen molar-refractivity contribution >= 4 is 34.6 Å². The summed E-state index contributed by atoms with van der Waals surface area (Å²) < 4.78 is 5.66. The molecule has 6 heteroatoms. The minimum Gasteiger partial charge on any atom is -0.457 e. The highest BCUT2D eigenvalue weighted by molar-refractivity contribution is 7.80. The molecule has 0 aliphatic carbocycles. The van der Waals surface area contributed by atoms with E-state index < -0.39 is 0 Å². The summed E-state index contributed by atoms with van der Waals surface area (Å²) in [5.74, 6) is 6.62. The number of hydrogen-bond acceptors (Lipinski definition) is 3. The third-order valence-electron chi connectivity index (χ3n) is 2.29. The van der Waals surface area contributed by atoms with Crippen molar-refractivity contribution in [2.45, 2.75) is 0 Å². The summed E-state index contributed by atoms with van der Waals surface area (Å²) in [5.41, 5.74) is 3.18. The summed E-state index contributed by atoms with van der Waals surface area (Å²) in [6, 6.07) is 14.5. The average molecular weight is 294 g/mol. The Hall–Kier alpha value is -1.82. The zero-order valence-corrected chi connectivity index (χ0v) is 11.5. The molecule has 0 atom stereocenters. The molecule has 0 saturated heterocycles. The SMILES string of the molecule is NNC(=S)Nc1ccc(Oc2ccc(Cl)cc2)cc1. The highest BCUT2D eigenvalue weighted by Gasteiger charge is 1.99. The van der Waals surface area contributed by atoms with E-state index in [1.54, 1.807) is 12.1 Å². The lowest BCUT2D eigenvalue weighted by molar-refractivity contribution is 0.483. The largest absolute Gasteiger partial charge is 0.457 e. The maximum atomic E-state index is 5.81. The van der Waals surface area contributed by atoms with E-state index in [-0.39, 0.29) is 0 Å². The van der Waals surface area contributed by atoms with Crippen LogP contribution >= 0.6 is 23.8 Å². The molecule has 0 bridgehead atoms. The molecule has 0 heterocycles. The maximum Gasteiger partial charge on any atom is 0.185 e. The lowest BCUT2D eigenvalue weighted by atomic mass is 10.3. The van der Waals surface area contributed by atoms with Gasteiger partial charge in [-0.1, -0.05) is 11.6 Å². The van der Waals surface area contributed by atoms with Crippen LogP contribution < -0.4 is 21.3 Å². The molecule has 0 radical (unpaired) electrons. The Balaban J connectivity index is 2.02. The lowest BCUT2D eigenvalue weighted by Crippen LogP contribution is -2.34. The van der Waals surface area contributed by atoms with Gasteiger partial charge in [0.05, 0.1) is 0 Å². The van der Waals surface area contributed by atoms with E-state index in [2.05, 4.69) is 10.7 Å². The minimum absolute atomic E-state index is 0.353. The zero-order chi connectivity index (χ0) is 13.7. The summed E-state index contributed by atoms with van der Waals surface area (Å²) in [5, 5.41) is 3.94. The monoisotopic (exact) mass is 293 g/mol. The van der Waals surface area contributed by atoms with Gasteiger partial charge < -0.3 is 15.5 Å². The topological polar surface area (TPSA) is 59.3 Å². The molecular formula is C13H12ClN3OS. The van der Waals surface area contributed by atoms with Crippen molar-refractivity contribution < 1.29 is 4.74 Å². The van der Waals surface area contributed by atoms with E-state index in [1.807, 2.05) is 36.4 Å². The van der Waals surface area contributed by atoms with Gasteiger partial charge in [-0.2, -0.15) is 0 Å². The van der Waals surface area contributed by atoms with E-state index >= 15 is 0 Å². The second kappa shape index (κ2) is 6.38. The third kappa shape index (κ3) is 4.10. The van der Waals surface area contributed by atoms with Crippen LogP contribution in [0.4, 0.5) is 5.69 Å². The van der Waals surface area contributed by atoms with Crippen molar-refractivity contribution in [3.63, 3.8) is 0 Å². The number of nitrogens with one attached hydrogen (secondary N) is 2. The summed E-state index contributed by atoms with van der Waals surface area (Å²) in [7, 11) is 0. The van der Waals surface area contributed by atoms with Crippen LogP contribution in [0.3, 0.4) is 0 Å². The van der Waals surface area contributed by atoms with E-state index in [0.29, 0.717) is 10.1 Å². The normalized spacial score (nSPS) is 9.79. The molecule has 0 unspecified atom stereocenters. The number of hydrazine groups is 1. The third-order valence-corrected chi connectivity index (χ3v) is 2.76. The highest BCUT2D eigenvalue weighted by Crippen LogP contribution is 2.24. The Morgan fingerprint density at radius 1 is 1.00 bits per heavy atom. The van der Waals surface area contributed by atoms with Gasteiger partial charge in [0, 0.05) is 10.7 Å². The first-order valence-electron chi connectivity index (χ1n) is 5.48. The molecule has 0 amide bonds. The number of nitrogens with two attached hydrogens (primary N) is 1. The van der Waals surface area contributed by atoms with Crippen LogP contribution in [-0.2, 0) is 0 Å². The fourth-order valence-corrected chi connectivity index (χ4v) is 1.66. The zero-order valence-electron chi connectivity index (χ0n) is 9.89. The molecule has 0 aliphatic heterocycles. The summed E-state index contributed by atoms with van der Waals surface area (Å²) >= 11 is 10.7. The number of halogens is 1. The highest BCUT2D eigenvalue weighted by atomic mass is 35.5. The van der Waals surface area contributed by atoms with Crippen LogP contribution in [0.25, 0.3) is 0 Å². The van der Waals surface area contributed by atoms with Crippen LogP contribution in [0.1, 0.15) is 0 Å². The molecule has 0 saturated carbocycles. The van der Waals surface area contributed by atoms with Gasteiger partial charge in [0.15, 0.2) is 5.11 Å². The first-order valence-corrected chi connectivity index (χ1v) is 6.27. The number of anilines is 1. The van der Waals surface area contributed by atoms with Gasteiger partial charge in [0.1, 0.15) is 11.5 Å². The first kappa shape index (κ1) is 13.6. The van der Waals surface area contributed by atoms with Gasteiger partial charge in [-0.05, 0) is 60.7 Å². The quantitative estimate of drug-likeness (QED) is 0.460. The van der Waals surface area contributed by atoms with E-state index in [1.165, 1.54) is 0 Å². The second-order valence-corrected chi connectivity index (χ2v) is 4.52. The van der Waals surface area contributed by atoms with Crippen LogP contribution in [0.2, 0.25) is 5.02 Å². The van der Waals surface area contributed by atoms with E-state index in [0.717, 1.165) is 17.2 Å². The van der Waals surface area contributed by atoms with Gasteiger partial charge in [-0.3, -0.25) is 0 Å². The number of benzene rings is 2. The molecule has 2 rings (SSSR count). The molecule has 19 heavy (non-hydrogen) atoms. The average Bonchev–Trinajstić information content (AvgIpc) is 2.43. The van der Waals surface area contributed by atoms with Crippen molar-refractivity contribution in [1.82, 2.24) is 5.43 Å². The van der Waals surface area contributed by atoms with Crippen LogP contribution in [0, 0.1) is 0 Å². The Morgan fingerprint density at radius 2 is 1.53 bits per heavy atom. The van der Waals surface area contributed by atoms with Crippen molar-refractivity contribution in [2.75, 3.05) is 5.32 Å². The Morgan fingerprint density at radius 3 is 2.05 bits per heavy atom. The van der Waals surface area contributed by atoms with Gasteiger partial charge >= 0.3 is 0 Å². The van der Waals surface area contributed by atoms with Gasteiger partial charge in [0.25, 0.3) is 0 Å². The fourth-order valence-electron chi connectivity index (χ4n) is 1.41. The van der Waals surface area contributed by atoms with E-state index in [9.17, 15) is 0 Å². The van der Waals surface area contributed by atoms with Crippen molar-refractivity contribution in [1.29, 1.82) is 0 Å². The molecule has 0 fully saturated rings. The standard InChI is InChI=1S/C13H12ClN3OS/c14-9-1-5-11(6-2-9)18-12-7-3-10(4-8-12)16-13(19)17-15/h1-8H,15H2,(H2,16,17,19). The molecule has 4 nitrogen and oxygen atoms in total. The number of hydrogen-bond donors (Lipinski definition) is 3. The second-order valence-electron chi connectivity index (χ2n) is 3.68. The molecule has 98 valence electrons. The Kier molecular flexibility index (Phi) is 4.57. The number of ether oxygens (including phenoxy) is 1. The molecule has 0 spiro atoms. The van der Waals surface area contributed by atoms with Crippen LogP contribution in [-0.4, -0.2) is 5.11 Å². The van der Waals surface area contributed by atoms with Gasteiger partial charge in [0.2, 0.25) is 0 Å². The van der Waals surface area contributed by atoms with Crippen molar-refractivity contribution in [2.24, 2.45) is 5.84 Å². The Labute approximate surface area is 121 Å². The molecule has 2 aromatic rings. The smallest absolute Gasteiger partial charge is 0.185 e. The van der Waals surface area contributed by atoms with Crippen LogP contribution in [0.15, 0.2) is 48.5 Å². The van der Waals surface area contributed by atoms with Crippen molar-refractivity contribution in [3.8, 4) is 11.5 Å². The summed E-state index contributed by atoms with van der Waals surface area (Å²) in [6.45, 7) is 0. The van der Waals surface area contributed by atoms with Gasteiger partial charge in [-0.15, -0.1) is 0 Å². The number of rotatable bonds is 3. The Bertz CT molecular complexity index is 557. The van der Waals surface area contributed by atoms with Crippen molar-refractivity contribution in [3.05, 3.63) is 53.6 Å². The molecular weight excluding hydrogens is 282 g/mol. The molecule has 0 aromatic heterocycles. The fraction of sp³-hybridized carbons (Fsp3) is 0. The molecule has 2 aromatic carbocycles. The van der Waals surface area contributed by atoms with Crippen LogP contribution in [0.5, 0.6) is 11.5 Å². The minimum atomic E-state index is 0.353. The molecule has 0 aliphatic rings. The summed E-state index contributed by atoms with van der Waals surface area (Å²) in [6.07, 6.45) is 0. The van der Waals surface area contributed by atoms with E-state index in [4.69, 9.17) is 34.4 Å². The predicted molar refractivity (Wildman–Crippen MR) is 81.5 cm³/mol. The maximum absolute atomic E-state index is 5.81.